The summed E-state index contributed by atoms with van der Waals surface area (Å²) in [5.41, 5.74) is 0. The standard InChI is InChI=1S/C14H21BrN4/c15-12-9-16-14(17-10-12)19-8-4-5-13(19)11-18-6-2-1-3-7-18/h9-10,13H,1-8,11H2. The van der Waals surface area contributed by atoms with Gasteiger partial charge in [-0.05, 0) is 54.7 Å². The highest BCUT2D eigenvalue weighted by Crippen LogP contribution is 2.24. The highest BCUT2D eigenvalue weighted by molar-refractivity contribution is 9.10. The Kier molecular flexibility index (Phi) is 4.33. The first kappa shape index (κ1) is 13.3. The number of likely N-dealkylation sites (tertiary alicyclic amines) is 1. The van der Waals surface area contributed by atoms with E-state index in [0.29, 0.717) is 6.04 Å². The van der Waals surface area contributed by atoms with Crippen molar-refractivity contribution in [3.8, 4) is 0 Å². The summed E-state index contributed by atoms with van der Waals surface area (Å²) >= 11 is 3.40. The Morgan fingerprint density at radius 3 is 2.53 bits per heavy atom. The van der Waals surface area contributed by atoms with E-state index in [1.807, 2.05) is 12.4 Å². The maximum Gasteiger partial charge on any atom is 0.225 e. The van der Waals surface area contributed by atoms with Crippen LogP contribution in [0, 0.1) is 0 Å². The maximum atomic E-state index is 4.45. The molecule has 3 heterocycles. The number of hydrogen-bond acceptors (Lipinski definition) is 4. The Bertz CT molecular complexity index is 402. The number of rotatable bonds is 3. The predicted molar refractivity (Wildman–Crippen MR) is 80.4 cm³/mol. The van der Waals surface area contributed by atoms with Crippen LogP contribution in [-0.4, -0.2) is 47.1 Å². The zero-order valence-corrected chi connectivity index (χ0v) is 12.8. The zero-order chi connectivity index (χ0) is 13.1. The molecule has 2 fully saturated rings. The summed E-state index contributed by atoms with van der Waals surface area (Å²) in [6, 6.07) is 0.597. The summed E-state index contributed by atoms with van der Waals surface area (Å²) in [5, 5.41) is 0. The van der Waals surface area contributed by atoms with Crippen molar-refractivity contribution in [2.75, 3.05) is 31.1 Å². The van der Waals surface area contributed by atoms with E-state index in [9.17, 15) is 0 Å². The van der Waals surface area contributed by atoms with E-state index >= 15 is 0 Å². The Balaban J connectivity index is 1.65. The van der Waals surface area contributed by atoms with Crippen LogP contribution in [0.2, 0.25) is 0 Å². The summed E-state index contributed by atoms with van der Waals surface area (Å²) in [5.74, 6) is 0.891. The van der Waals surface area contributed by atoms with Crippen LogP contribution >= 0.6 is 15.9 Å². The molecule has 104 valence electrons. The number of piperidine rings is 1. The molecule has 2 aliphatic rings. The molecule has 0 amide bonds. The van der Waals surface area contributed by atoms with Crippen LogP contribution in [0.4, 0.5) is 5.95 Å². The lowest BCUT2D eigenvalue weighted by molar-refractivity contribution is 0.216. The molecular formula is C14H21BrN4. The van der Waals surface area contributed by atoms with Gasteiger partial charge in [0.05, 0.1) is 4.47 Å². The molecule has 5 heteroatoms. The van der Waals surface area contributed by atoms with Gasteiger partial charge in [0.25, 0.3) is 0 Å². The normalized spacial score (nSPS) is 24.9. The van der Waals surface area contributed by atoms with Gasteiger partial charge in [0.1, 0.15) is 0 Å². The topological polar surface area (TPSA) is 32.3 Å². The van der Waals surface area contributed by atoms with E-state index in [2.05, 4.69) is 35.7 Å². The first-order valence-corrected chi connectivity index (χ1v) is 8.09. The zero-order valence-electron chi connectivity index (χ0n) is 11.3. The number of nitrogens with zero attached hydrogens (tertiary/aromatic N) is 4. The summed E-state index contributed by atoms with van der Waals surface area (Å²) in [6.45, 7) is 4.82. The molecule has 0 radical (unpaired) electrons. The number of hydrogen-bond donors (Lipinski definition) is 0. The quantitative estimate of drug-likeness (QED) is 0.855. The minimum Gasteiger partial charge on any atom is -0.337 e. The molecule has 1 aromatic heterocycles. The lowest BCUT2D eigenvalue weighted by Crippen LogP contribution is -2.43. The second kappa shape index (κ2) is 6.18. The Morgan fingerprint density at radius 2 is 1.79 bits per heavy atom. The fourth-order valence-electron chi connectivity index (χ4n) is 3.18. The molecule has 0 saturated carbocycles. The van der Waals surface area contributed by atoms with E-state index in [-0.39, 0.29) is 0 Å². The van der Waals surface area contributed by atoms with E-state index < -0.39 is 0 Å². The fraction of sp³-hybridized carbons (Fsp3) is 0.714. The van der Waals surface area contributed by atoms with Crippen molar-refractivity contribution >= 4 is 21.9 Å². The third-order valence-corrected chi connectivity index (χ3v) is 4.57. The van der Waals surface area contributed by atoms with Crippen molar-refractivity contribution in [2.24, 2.45) is 0 Å². The van der Waals surface area contributed by atoms with Gasteiger partial charge in [0.15, 0.2) is 0 Å². The highest BCUT2D eigenvalue weighted by atomic mass is 79.9. The van der Waals surface area contributed by atoms with E-state index in [1.165, 1.54) is 51.7 Å². The first-order chi connectivity index (χ1) is 9.33. The predicted octanol–water partition coefficient (Wildman–Crippen LogP) is 2.69. The number of halogens is 1. The van der Waals surface area contributed by atoms with Crippen molar-refractivity contribution in [3.05, 3.63) is 16.9 Å². The summed E-state index contributed by atoms with van der Waals surface area (Å²) in [7, 11) is 0. The molecule has 19 heavy (non-hydrogen) atoms. The van der Waals surface area contributed by atoms with Gasteiger partial charge in [-0.2, -0.15) is 0 Å². The van der Waals surface area contributed by atoms with Crippen LogP contribution in [0.5, 0.6) is 0 Å². The van der Waals surface area contributed by atoms with Gasteiger partial charge in [-0.3, -0.25) is 0 Å². The molecule has 0 aromatic carbocycles. The molecule has 1 atom stereocenters. The largest absolute Gasteiger partial charge is 0.337 e. The minimum absolute atomic E-state index is 0.597. The maximum absolute atomic E-state index is 4.45. The van der Waals surface area contributed by atoms with Crippen molar-refractivity contribution in [2.45, 2.75) is 38.1 Å². The van der Waals surface area contributed by atoms with Gasteiger partial charge in [-0.25, -0.2) is 9.97 Å². The van der Waals surface area contributed by atoms with Gasteiger partial charge >= 0.3 is 0 Å². The molecule has 1 unspecified atom stereocenters. The molecule has 0 aliphatic carbocycles. The van der Waals surface area contributed by atoms with Gasteiger partial charge in [-0.15, -0.1) is 0 Å². The summed E-state index contributed by atoms with van der Waals surface area (Å²) < 4.78 is 0.947. The average Bonchev–Trinajstić information content (AvgIpc) is 2.89. The van der Waals surface area contributed by atoms with Crippen LogP contribution in [0.1, 0.15) is 32.1 Å². The molecule has 0 bridgehead atoms. The van der Waals surface area contributed by atoms with Gasteiger partial charge in [0, 0.05) is 31.5 Å². The van der Waals surface area contributed by atoms with Crippen LogP contribution < -0.4 is 4.90 Å². The van der Waals surface area contributed by atoms with Gasteiger partial charge in [0.2, 0.25) is 5.95 Å². The lowest BCUT2D eigenvalue weighted by Gasteiger charge is -2.32. The van der Waals surface area contributed by atoms with Crippen molar-refractivity contribution in [1.29, 1.82) is 0 Å². The Morgan fingerprint density at radius 1 is 1.05 bits per heavy atom. The third kappa shape index (κ3) is 3.26. The van der Waals surface area contributed by atoms with Gasteiger partial charge < -0.3 is 9.80 Å². The van der Waals surface area contributed by atoms with Crippen LogP contribution in [-0.2, 0) is 0 Å². The van der Waals surface area contributed by atoms with Crippen LogP contribution in [0.25, 0.3) is 0 Å². The van der Waals surface area contributed by atoms with Gasteiger partial charge in [-0.1, -0.05) is 6.42 Å². The number of anilines is 1. The van der Waals surface area contributed by atoms with Crippen molar-refractivity contribution in [3.63, 3.8) is 0 Å². The van der Waals surface area contributed by atoms with E-state index in [0.717, 1.165) is 17.0 Å². The molecule has 3 rings (SSSR count). The van der Waals surface area contributed by atoms with Crippen LogP contribution in [0.3, 0.4) is 0 Å². The monoisotopic (exact) mass is 324 g/mol. The highest BCUT2D eigenvalue weighted by Gasteiger charge is 2.28. The molecule has 0 spiro atoms. The summed E-state index contributed by atoms with van der Waals surface area (Å²) in [4.78, 5) is 13.9. The lowest BCUT2D eigenvalue weighted by atomic mass is 10.1. The third-order valence-electron chi connectivity index (χ3n) is 4.16. The van der Waals surface area contributed by atoms with Crippen molar-refractivity contribution in [1.82, 2.24) is 14.9 Å². The minimum atomic E-state index is 0.597. The summed E-state index contributed by atoms with van der Waals surface area (Å²) in [6.07, 6.45) is 10.4. The second-order valence-electron chi connectivity index (χ2n) is 5.55. The van der Waals surface area contributed by atoms with E-state index in [1.54, 1.807) is 0 Å². The van der Waals surface area contributed by atoms with Crippen LogP contribution in [0.15, 0.2) is 16.9 Å². The molecule has 1 aromatic rings. The average molecular weight is 325 g/mol. The fourth-order valence-corrected chi connectivity index (χ4v) is 3.39. The molecule has 4 nitrogen and oxygen atoms in total. The Labute approximate surface area is 123 Å². The number of aromatic nitrogens is 2. The molecule has 2 aliphatic heterocycles. The molecular weight excluding hydrogens is 304 g/mol. The molecule has 2 saturated heterocycles. The smallest absolute Gasteiger partial charge is 0.225 e. The second-order valence-corrected chi connectivity index (χ2v) is 6.47. The first-order valence-electron chi connectivity index (χ1n) is 7.29. The molecule has 0 N–H and O–H groups in total. The Hall–Kier alpha value is -0.680. The van der Waals surface area contributed by atoms with E-state index in [4.69, 9.17) is 0 Å². The van der Waals surface area contributed by atoms with Crippen molar-refractivity contribution < 1.29 is 0 Å². The SMILES string of the molecule is Brc1cnc(N2CCCC2CN2CCCCC2)nc1.